The van der Waals surface area contributed by atoms with Crippen LogP contribution in [0.4, 0.5) is 0 Å². The molecular weight excluding hydrogens is 611 g/mol. The summed E-state index contributed by atoms with van der Waals surface area (Å²) in [5.74, 6) is 0.203. The fourth-order valence-corrected chi connectivity index (χ4v) is 14.8. The predicted molar refractivity (Wildman–Crippen MR) is 174 cm³/mol. The van der Waals surface area contributed by atoms with Gasteiger partial charge in [0, 0.05) is 0 Å². The molecular formula is C35H37Cl2SiZr. The maximum Gasteiger partial charge on any atom is -0.147 e. The van der Waals surface area contributed by atoms with E-state index < -0.39 is 18.9 Å². The molecule has 0 bridgehead atoms. The van der Waals surface area contributed by atoms with Crippen LogP contribution in [0.3, 0.4) is 0 Å². The van der Waals surface area contributed by atoms with Gasteiger partial charge in [-0.25, -0.2) is 0 Å². The van der Waals surface area contributed by atoms with Crippen molar-refractivity contribution in [1.82, 2.24) is 0 Å². The molecule has 2 atom stereocenters. The van der Waals surface area contributed by atoms with Gasteiger partial charge < -0.3 is 0 Å². The van der Waals surface area contributed by atoms with Crippen molar-refractivity contribution >= 4 is 43.3 Å². The minimum atomic E-state index is -2.35. The van der Waals surface area contributed by atoms with Crippen LogP contribution >= 0.6 is 24.8 Å². The van der Waals surface area contributed by atoms with Gasteiger partial charge in [0.15, 0.2) is 0 Å². The second-order valence-electron chi connectivity index (χ2n) is 11.4. The van der Waals surface area contributed by atoms with Gasteiger partial charge in [-0.1, -0.05) is 0 Å². The van der Waals surface area contributed by atoms with Gasteiger partial charge in [0.2, 0.25) is 0 Å². The van der Waals surface area contributed by atoms with E-state index in [-0.39, 0.29) is 36.1 Å². The Hall–Kier alpha value is -1.96. The van der Waals surface area contributed by atoms with Gasteiger partial charge in [0.25, 0.3) is 0 Å². The molecule has 3 aromatic carbocycles. The monoisotopic (exact) mass is 645 g/mol. The number of hydrogen-bond acceptors (Lipinski definition) is 0. The van der Waals surface area contributed by atoms with Crippen LogP contribution in [-0.4, -0.2) is 6.88 Å². The van der Waals surface area contributed by atoms with Crippen LogP contribution in [0.15, 0.2) is 123 Å². The second kappa shape index (κ2) is 11.5. The third kappa shape index (κ3) is 4.93. The average molecular weight is 648 g/mol. The molecule has 39 heavy (non-hydrogen) atoms. The van der Waals surface area contributed by atoms with Crippen LogP contribution in [0.5, 0.6) is 0 Å². The first-order valence-electron chi connectivity index (χ1n) is 13.5. The van der Waals surface area contributed by atoms with E-state index in [9.17, 15) is 0 Å². The van der Waals surface area contributed by atoms with Crippen LogP contribution in [0.2, 0.25) is 9.26 Å². The summed E-state index contributed by atoms with van der Waals surface area (Å²) in [5, 5.41) is 0. The van der Waals surface area contributed by atoms with Crippen molar-refractivity contribution in [2.75, 3.05) is 0 Å². The quantitative estimate of drug-likeness (QED) is 0.242. The van der Waals surface area contributed by atoms with Crippen molar-refractivity contribution in [2.45, 2.75) is 40.9 Å². The van der Waals surface area contributed by atoms with E-state index in [1.165, 1.54) is 50.1 Å². The van der Waals surface area contributed by atoms with Crippen LogP contribution < -0.4 is 0 Å². The molecule has 0 radical (unpaired) electrons. The number of halogens is 2. The Morgan fingerprint density at radius 3 is 2.18 bits per heavy atom. The third-order valence-corrected chi connectivity index (χ3v) is 15.4. The molecule has 4 heteroatoms. The molecule has 0 saturated carbocycles. The maximum atomic E-state index is 2.57. The van der Waals surface area contributed by atoms with Crippen molar-refractivity contribution in [3.05, 3.63) is 151 Å². The number of rotatable bonds is 5. The van der Waals surface area contributed by atoms with Crippen molar-refractivity contribution < 1.29 is 18.9 Å². The van der Waals surface area contributed by atoms with Gasteiger partial charge in [-0.2, -0.15) is 0 Å². The minimum absolute atomic E-state index is 0. The van der Waals surface area contributed by atoms with E-state index in [2.05, 4.69) is 139 Å². The fraction of sp³-hybridized carbons (Fsp3) is 0.200. The Kier molecular flexibility index (Phi) is 8.85. The van der Waals surface area contributed by atoms with Gasteiger partial charge in [-0.05, 0) is 0 Å². The minimum Gasteiger partial charge on any atom is -0.147 e. The number of allylic oxidation sites excluding steroid dienone is 9. The second-order valence-corrected chi connectivity index (χ2v) is 32.3. The van der Waals surface area contributed by atoms with Gasteiger partial charge in [0.1, 0.15) is 0 Å². The SMILES string of the molecule is CCc1ccc(C2=Cc3ccccc3C2C2(c3ccccc3)C=CC=C3C2=CC(C)=[C]3[Zr]([CH3])([CH3])=[SiH2])cc1.Cl.Cl. The molecule has 0 spiro atoms. The number of hydrogen-bond donors (Lipinski definition) is 0. The van der Waals surface area contributed by atoms with Crippen molar-refractivity contribution in [1.29, 1.82) is 0 Å². The molecule has 0 N–H and O–H groups in total. The molecule has 0 heterocycles. The topological polar surface area (TPSA) is 0 Å². The van der Waals surface area contributed by atoms with Crippen molar-refractivity contribution in [3.8, 4) is 0 Å². The molecule has 0 saturated heterocycles. The van der Waals surface area contributed by atoms with Crippen LogP contribution in [-0.2, 0) is 30.7 Å². The standard InChI is InChI=1S/C33H27.2CH3.2ClH.H2Si.Zr/c1-3-24-15-17-25(18-16-24)30-22-26-10-7-8-14-29(26)32(30)33(28-12-5-4-6-13-28)19-9-11-27-20-23(2)21-31(27)33;;;;;;/h4-19,21-22,32H,3H2,1-2H3;2*1H3;2*1H;1H2;. The average Bonchev–Trinajstić information content (AvgIpc) is 3.47. The summed E-state index contributed by atoms with van der Waals surface area (Å²) < 4.78 is 6.83. The summed E-state index contributed by atoms with van der Waals surface area (Å²) >= 11 is -2.35. The molecule has 3 aromatic rings. The molecule has 2 unspecified atom stereocenters. The molecule has 199 valence electrons. The van der Waals surface area contributed by atoms with E-state index in [0.717, 1.165) is 6.42 Å². The number of benzene rings is 3. The summed E-state index contributed by atoms with van der Waals surface area (Å²) in [4.78, 5) is 0. The molecule has 0 aliphatic heterocycles. The smallest absolute Gasteiger partial charge is 0.147 e. The summed E-state index contributed by atoms with van der Waals surface area (Å²) in [6.07, 6.45) is 13.3. The van der Waals surface area contributed by atoms with E-state index in [0.29, 0.717) is 0 Å². The van der Waals surface area contributed by atoms with E-state index >= 15 is 0 Å². The van der Waals surface area contributed by atoms with Crippen molar-refractivity contribution in [2.24, 2.45) is 0 Å². The molecule has 3 aliphatic rings. The molecule has 6 rings (SSSR count). The summed E-state index contributed by atoms with van der Waals surface area (Å²) in [7, 11) is 0. The summed E-state index contributed by atoms with van der Waals surface area (Å²) in [6, 6.07) is 29.6. The first-order valence-corrected chi connectivity index (χ1v) is 25.6. The zero-order valence-electron chi connectivity index (χ0n) is 23.2. The van der Waals surface area contributed by atoms with E-state index in [1.807, 2.05) is 0 Å². The normalized spacial score (nSPS) is 21.2. The van der Waals surface area contributed by atoms with Crippen molar-refractivity contribution in [3.63, 3.8) is 0 Å². The third-order valence-electron chi connectivity index (χ3n) is 8.39. The largest absolute Gasteiger partial charge is 0.147 e. The fourth-order valence-electron chi connectivity index (χ4n) is 6.89. The van der Waals surface area contributed by atoms with Gasteiger partial charge in [0.05, 0.1) is 0 Å². The molecule has 0 aromatic heterocycles. The van der Waals surface area contributed by atoms with Gasteiger partial charge >= 0.3 is 229 Å². The maximum absolute atomic E-state index is 2.57. The summed E-state index contributed by atoms with van der Waals surface area (Å²) in [6.45, 7) is 6.89. The number of fused-ring (bicyclic) bond motifs is 2. The zero-order chi connectivity index (χ0) is 25.8. The molecule has 0 nitrogen and oxygen atoms in total. The molecule has 0 fully saturated rings. The van der Waals surface area contributed by atoms with Gasteiger partial charge in [-0.15, -0.1) is 24.8 Å². The predicted octanol–water partition coefficient (Wildman–Crippen LogP) is 9.18. The van der Waals surface area contributed by atoms with Crippen LogP contribution in [0, 0.1) is 0 Å². The number of aryl methyl sites for hydroxylation is 1. The Balaban J connectivity index is 0.00000176. The summed E-state index contributed by atoms with van der Waals surface area (Å²) in [5.41, 5.74) is 12.5. The first-order chi connectivity index (χ1) is 17.8. The van der Waals surface area contributed by atoms with Crippen LogP contribution in [0.25, 0.3) is 11.6 Å². The van der Waals surface area contributed by atoms with Crippen LogP contribution in [0.1, 0.15) is 47.6 Å². The Morgan fingerprint density at radius 1 is 0.846 bits per heavy atom. The van der Waals surface area contributed by atoms with E-state index in [4.69, 9.17) is 0 Å². The first kappa shape index (κ1) is 30.0. The molecule has 0 amide bonds. The molecule has 3 aliphatic carbocycles. The zero-order valence-corrected chi connectivity index (χ0v) is 28.7. The Labute approximate surface area is 252 Å². The Bertz CT molecular complexity index is 1600. The van der Waals surface area contributed by atoms with E-state index in [1.54, 1.807) is 3.28 Å². The Morgan fingerprint density at radius 2 is 1.51 bits per heavy atom. The van der Waals surface area contributed by atoms with Gasteiger partial charge in [-0.3, -0.25) is 0 Å².